The fraction of sp³-hybridized carbons (Fsp3) is 0.231. The van der Waals surface area contributed by atoms with Gasteiger partial charge in [-0.3, -0.25) is 0 Å². The van der Waals surface area contributed by atoms with E-state index >= 15 is 0 Å². The smallest absolute Gasteiger partial charge is 0.183 e. The lowest BCUT2D eigenvalue weighted by Gasteiger charge is -1.92. The van der Waals surface area contributed by atoms with Crippen LogP contribution in [0, 0.1) is 13.8 Å². The SMILES string of the molecule is CNc1nc(C)c(-c2cn3ccc(C)cc3n2)s1. The second kappa shape index (κ2) is 4.10. The number of aryl methyl sites for hydroxylation is 2. The molecule has 3 rings (SSSR count). The number of imidazole rings is 1. The van der Waals surface area contributed by atoms with Gasteiger partial charge in [0.2, 0.25) is 0 Å². The zero-order chi connectivity index (χ0) is 12.7. The standard InChI is InChI=1S/C13H14N4S/c1-8-4-5-17-7-10(16-11(17)6-8)12-9(2)15-13(14-3)18-12/h4-7H,1-3H3,(H,14,15). The van der Waals surface area contributed by atoms with E-state index in [4.69, 9.17) is 0 Å². The van der Waals surface area contributed by atoms with Crippen molar-refractivity contribution in [1.29, 1.82) is 0 Å². The molecule has 18 heavy (non-hydrogen) atoms. The van der Waals surface area contributed by atoms with Crippen LogP contribution in [-0.2, 0) is 0 Å². The maximum atomic E-state index is 4.66. The van der Waals surface area contributed by atoms with Crippen molar-refractivity contribution in [1.82, 2.24) is 14.4 Å². The zero-order valence-corrected chi connectivity index (χ0v) is 11.4. The normalized spacial score (nSPS) is 11.1. The summed E-state index contributed by atoms with van der Waals surface area (Å²) in [4.78, 5) is 10.2. The highest BCUT2D eigenvalue weighted by Crippen LogP contribution is 2.31. The molecular formula is C13H14N4S. The molecule has 0 unspecified atom stereocenters. The van der Waals surface area contributed by atoms with Crippen LogP contribution in [-0.4, -0.2) is 21.4 Å². The molecule has 4 nitrogen and oxygen atoms in total. The third kappa shape index (κ3) is 1.76. The molecule has 0 fully saturated rings. The molecule has 0 aliphatic rings. The number of anilines is 1. The van der Waals surface area contributed by atoms with E-state index in [0.717, 1.165) is 27.0 Å². The number of nitrogens with one attached hydrogen (secondary N) is 1. The summed E-state index contributed by atoms with van der Waals surface area (Å²) in [6, 6.07) is 4.16. The summed E-state index contributed by atoms with van der Waals surface area (Å²) in [5, 5.41) is 4.00. The maximum absolute atomic E-state index is 4.66. The first-order valence-electron chi connectivity index (χ1n) is 5.78. The third-order valence-corrected chi connectivity index (χ3v) is 4.06. The van der Waals surface area contributed by atoms with Gasteiger partial charge in [0, 0.05) is 19.4 Å². The number of fused-ring (bicyclic) bond motifs is 1. The van der Waals surface area contributed by atoms with E-state index in [1.165, 1.54) is 5.56 Å². The number of hydrogen-bond donors (Lipinski definition) is 1. The van der Waals surface area contributed by atoms with Crippen LogP contribution < -0.4 is 5.32 Å². The minimum absolute atomic E-state index is 0.927. The van der Waals surface area contributed by atoms with E-state index in [2.05, 4.69) is 40.5 Å². The molecular weight excluding hydrogens is 244 g/mol. The molecule has 0 saturated heterocycles. The number of nitrogens with zero attached hydrogens (tertiary/aromatic N) is 3. The Hall–Kier alpha value is -1.88. The zero-order valence-electron chi connectivity index (χ0n) is 10.6. The van der Waals surface area contributed by atoms with Gasteiger partial charge in [-0.25, -0.2) is 9.97 Å². The van der Waals surface area contributed by atoms with Crippen LogP contribution in [0.5, 0.6) is 0 Å². The van der Waals surface area contributed by atoms with Gasteiger partial charge in [0.05, 0.1) is 10.6 Å². The van der Waals surface area contributed by atoms with Crippen molar-refractivity contribution < 1.29 is 0 Å². The Morgan fingerprint density at radius 2 is 2.11 bits per heavy atom. The first kappa shape index (κ1) is 11.2. The topological polar surface area (TPSA) is 42.2 Å². The largest absolute Gasteiger partial charge is 0.365 e. The van der Waals surface area contributed by atoms with Crippen LogP contribution in [0.2, 0.25) is 0 Å². The van der Waals surface area contributed by atoms with Gasteiger partial charge in [-0.2, -0.15) is 0 Å². The van der Waals surface area contributed by atoms with E-state index < -0.39 is 0 Å². The highest BCUT2D eigenvalue weighted by Gasteiger charge is 2.12. The quantitative estimate of drug-likeness (QED) is 0.768. The molecule has 1 N–H and O–H groups in total. The summed E-state index contributed by atoms with van der Waals surface area (Å²) in [7, 11) is 1.88. The third-order valence-electron chi connectivity index (χ3n) is 2.86. The molecule has 0 aromatic carbocycles. The predicted molar refractivity (Wildman–Crippen MR) is 75.3 cm³/mol. The fourth-order valence-electron chi connectivity index (χ4n) is 1.93. The lowest BCUT2D eigenvalue weighted by atomic mass is 10.3. The summed E-state index contributed by atoms with van der Waals surface area (Å²) in [6.07, 6.45) is 4.09. The number of thiazole rings is 1. The first-order valence-corrected chi connectivity index (χ1v) is 6.60. The van der Waals surface area contributed by atoms with Gasteiger partial charge in [0.15, 0.2) is 5.13 Å². The van der Waals surface area contributed by atoms with Gasteiger partial charge in [-0.1, -0.05) is 11.3 Å². The molecule has 0 radical (unpaired) electrons. The monoisotopic (exact) mass is 258 g/mol. The van der Waals surface area contributed by atoms with Crippen LogP contribution >= 0.6 is 11.3 Å². The van der Waals surface area contributed by atoms with Crippen LogP contribution in [0.4, 0.5) is 5.13 Å². The lowest BCUT2D eigenvalue weighted by Crippen LogP contribution is -1.84. The van der Waals surface area contributed by atoms with Crippen molar-refractivity contribution in [3.05, 3.63) is 35.8 Å². The molecule has 0 atom stereocenters. The van der Waals surface area contributed by atoms with Gasteiger partial charge in [-0.05, 0) is 31.5 Å². The predicted octanol–water partition coefficient (Wildman–Crippen LogP) is 3.12. The van der Waals surface area contributed by atoms with Crippen LogP contribution in [0.15, 0.2) is 24.5 Å². The van der Waals surface area contributed by atoms with E-state index in [1.54, 1.807) is 11.3 Å². The van der Waals surface area contributed by atoms with Crippen molar-refractivity contribution in [3.8, 4) is 10.6 Å². The molecule has 3 heterocycles. The summed E-state index contributed by atoms with van der Waals surface area (Å²) in [5.41, 5.74) is 4.20. The number of pyridine rings is 1. The average molecular weight is 258 g/mol. The highest BCUT2D eigenvalue weighted by atomic mass is 32.1. The lowest BCUT2D eigenvalue weighted by molar-refractivity contribution is 1.17. The van der Waals surface area contributed by atoms with Gasteiger partial charge in [-0.15, -0.1) is 0 Å². The molecule has 0 spiro atoms. The summed E-state index contributed by atoms with van der Waals surface area (Å²) >= 11 is 1.63. The van der Waals surface area contributed by atoms with Gasteiger partial charge < -0.3 is 9.72 Å². The van der Waals surface area contributed by atoms with Crippen molar-refractivity contribution in [2.24, 2.45) is 0 Å². The minimum Gasteiger partial charge on any atom is -0.365 e. The van der Waals surface area contributed by atoms with Crippen LogP contribution in [0.1, 0.15) is 11.3 Å². The second-order valence-electron chi connectivity index (χ2n) is 4.28. The molecule has 0 saturated carbocycles. The second-order valence-corrected chi connectivity index (χ2v) is 5.28. The van der Waals surface area contributed by atoms with Gasteiger partial charge >= 0.3 is 0 Å². The van der Waals surface area contributed by atoms with E-state index in [0.29, 0.717) is 0 Å². The molecule has 92 valence electrons. The van der Waals surface area contributed by atoms with Gasteiger partial charge in [0.25, 0.3) is 0 Å². The molecule has 3 aromatic rings. The number of aromatic nitrogens is 3. The molecule has 0 aliphatic heterocycles. The summed E-state index contributed by atoms with van der Waals surface area (Å²) < 4.78 is 2.04. The van der Waals surface area contributed by atoms with Crippen molar-refractivity contribution in [2.75, 3.05) is 12.4 Å². The Kier molecular flexibility index (Phi) is 2.56. The molecule has 3 aromatic heterocycles. The Morgan fingerprint density at radius 1 is 1.28 bits per heavy atom. The van der Waals surface area contributed by atoms with Crippen LogP contribution in [0.25, 0.3) is 16.2 Å². The first-order chi connectivity index (χ1) is 8.67. The van der Waals surface area contributed by atoms with E-state index in [9.17, 15) is 0 Å². The molecule has 0 aliphatic carbocycles. The molecule has 0 amide bonds. The number of rotatable bonds is 2. The van der Waals surface area contributed by atoms with Crippen molar-refractivity contribution >= 4 is 22.1 Å². The minimum atomic E-state index is 0.927. The molecule has 5 heteroatoms. The summed E-state index contributed by atoms with van der Waals surface area (Å²) in [5.74, 6) is 0. The maximum Gasteiger partial charge on any atom is 0.183 e. The van der Waals surface area contributed by atoms with Crippen molar-refractivity contribution in [2.45, 2.75) is 13.8 Å². The Labute approximate surface area is 109 Å². The average Bonchev–Trinajstić information content (AvgIpc) is 2.91. The Morgan fingerprint density at radius 3 is 2.83 bits per heavy atom. The summed E-state index contributed by atoms with van der Waals surface area (Å²) in [6.45, 7) is 4.09. The molecule has 0 bridgehead atoms. The Bertz CT molecular complexity index is 711. The van der Waals surface area contributed by atoms with Crippen LogP contribution in [0.3, 0.4) is 0 Å². The number of hydrogen-bond acceptors (Lipinski definition) is 4. The highest BCUT2D eigenvalue weighted by molar-refractivity contribution is 7.19. The van der Waals surface area contributed by atoms with Crippen molar-refractivity contribution in [3.63, 3.8) is 0 Å². The van der Waals surface area contributed by atoms with E-state index in [-0.39, 0.29) is 0 Å². The Balaban J connectivity index is 2.15. The van der Waals surface area contributed by atoms with E-state index in [1.807, 2.05) is 24.6 Å². The fourth-order valence-corrected chi connectivity index (χ4v) is 2.81. The van der Waals surface area contributed by atoms with Gasteiger partial charge in [0.1, 0.15) is 11.3 Å².